The minimum atomic E-state index is -0.611. The molecule has 4 rings (SSSR count). The summed E-state index contributed by atoms with van der Waals surface area (Å²) in [5, 5.41) is 1.40. The van der Waals surface area contributed by atoms with Gasteiger partial charge in [-0.15, -0.1) is 0 Å². The number of hydroxylamine groups is 3. The molecule has 34 heavy (non-hydrogen) atoms. The van der Waals surface area contributed by atoms with Gasteiger partial charge in [0.1, 0.15) is 24.4 Å². The Hall–Kier alpha value is -2.85. The van der Waals surface area contributed by atoms with Crippen LogP contribution in [0.2, 0.25) is 0 Å². The number of fused-ring (bicyclic) bond motifs is 2. The van der Waals surface area contributed by atoms with Gasteiger partial charge in [0.2, 0.25) is 0 Å². The van der Waals surface area contributed by atoms with Crippen molar-refractivity contribution in [1.82, 2.24) is 20.3 Å². The van der Waals surface area contributed by atoms with Gasteiger partial charge >= 0.3 is 12.1 Å². The van der Waals surface area contributed by atoms with E-state index >= 15 is 0 Å². The van der Waals surface area contributed by atoms with Gasteiger partial charge in [0, 0.05) is 13.1 Å². The summed E-state index contributed by atoms with van der Waals surface area (Å²) in [4.78, 5) is 52.7. The van der Waals surface area contributed by atoms with E-state index in [4.69, 9.17) is 14.4 Å². The van der Waals surface area contributed by atoms with Crippen molar-refractivity contribution in [3.63, 3.8) is 0 Å². The highest BCUT2D eigenvalue weighted by molar-refractivity contribution is 5.88. The van der Waals surface area contributed by atoms with Gasteiger partial charge in [0.05, 0.1) is 12.6 Å². The fourth-order valence-corrected chi connectivity index (χ4v) is 4.52. The van der Waals surface area contributed by atoms with Crippen LogP contribution in [0.25, 0.3) is 0 Å². The van der Waals surface area contributed by atoms with Crippen molar-refractivity contribution in [2.45, 2.75) is 76.9 Å². The Bertz CT molecular complexity index is 889. The van der Waals surface area contributed by atoms with Crippen LogP contribution in [0, 0.1) is 0 Å². The summed E-state index contributed by atoms with van der Waals surface area (Å²) in [5.41, 5.74) is 2.94. The number of nitrogens with one attached hydrogen (secondary N) is 1. The first-order valence-electron chi connectivity index (χ1n) is 11.9. The third-order valence-corrected chi connectivity index (χ3v) is 6.19. The molecule has 3 unspecified atom stereocenters. The third kappa shape index (κ3) is 5.79. The van der Waals surface area contributed by atoms with Gasteiger partial charge in [-0.05, 0) is 52.0 Å². The molecule has 3 saturated heterocycles. The Morgan fingerprint density at radius 2 is 1.85 bits per heavy atom. The van der Waals surface area contributed by atoms with E-state index in [9.17, 15) is 14.4 Å². The molecule has 0 spiro atoms. The second-order valence-corrected chi connectivity index (χ2v) is 10.0. The summed E-state index contributed by atoms with van der Waals surface area (Å²) in [5.74, 6) is -0.355. The van der Waals surface area contributed by atoms with Crippen molar-refractivity contribution < 1.29 is 28.8 Å². The smallest absolute Gasteiger partial charge is 0.410 e. The summed E-state index contributed by atoms with van der Waals surface area (Å²) in [6.45, 7) is 7.15. The van der Waals surface area contributed by atoms with E-state index < -0.39 is 11.6 Å². The number of benzene rings is 1. The van der Waals surface area contributed by atoms with Gasteiger partial charge in [-0.3, -0.25) is 14.5 Å². The van der Waals surface area contributed by atoms with Crippen LogP contribution in [-0.4, -0.2) is 76.3 Å². The molecule has 2 bridgehead atoms. The summed E-state index contributed by atoms with van der Waals surface area (Å²) in [6, 6.07) is 8.67. The standard InChI is InChI=1S/C24H34N4O6/c1-24(2,3)33-23(31)26-13-7-10-19(15-26)34-25-21(29)20-12-11-18-14-27(20)22(30)28(18)32-16-17-8-5-4-6-9-17/h4-6,8-9,18-20H,7,10-16H2,1-3H3,(H,25,29). The van der Waals surface area contributed by atoms with E-state index in [1.54, 1.807) is 9.80 Å². The highest BCUT2D eigenvalue weighted by atomic mass is 16.7. The number of carbonyl (C=O) groups excluding carboxylic acids is 3. The lowest BCUT2D eigenvalue weighted by Crippen LogP contribution is -2.52. The monoisotopic (exact) mass is 474 g/mol. The summed E-state index contributed by atoms with van der Waals surface area (Å²) in [6.07, 6.45) is 1.96. The van der Waals surface area contributed by atoms with Crippen molar-refractivity contribution in [3.05, 3.63) is 35.9 Å². The van der Waals surface area contributed by atoms with Gasteiger partial charge in [-0.25, -0.2) is 15.1 Å². The number of rotatable bonds is 6. The average Bonchev–Trinajstić information content (AvgIpc) is 3.05. The Kier molecular flexibility index (Phi) is 7.27. The molecule has 1 aromatic carbocycles. The first-order chi connectivity index (χ1) is 16.2. The lowest BCUT2D eigenvalue weighted by Gasteiger charge is -2.34. The number of amides is 4. The average molecular weight is 475 g/mol. The van der Waals surface area contributed by atoms with Crippen molar-refractivity contribution in [3.8, 4) is 0 Å². The van der Waals surface area contributed by atoms with Crippen LogP contribution in [0.3, 0.4) is 0 Å². The second-order valence-electron chi connectivity index (χ2n) is 10.0. The third-order valence-electron chi connectivity index (χ3n) is 6.19. The van der Waals surface area contributed by atoms with Crippen LogP contribution in [0.15, 0.2) is 30.3 Å². The Labute approximate surface area is 200 Å². The van der Waals surface area contributed by atoms with E-state index in [1.165, 1.54) is 5.06 Å². The maximum absolute atomic E-state index is 12.9. The van der Waals surface area contributed by atoms with Crippen molar-refractivity contribution in [1.29, 1.82) is 0 Å². The Morgan fingerprint density at radius 3 is 2.59 bits per heavy atom. The quantitative estimate of drug-likeness (QED) is 0.637. The van der Waals surface area contributed by atoms with Gasteiger partial charge < -0.3 is 14.5 Å². The lowest BCUT2D eigenvalue weighted by molar-refractivity contribution is -0.146. The van der Waals surface area contributed by atoms with Gasteiger partial charge in [0.15, 0.2) is 0 Å². The number of carbonyl (C=O) groups is 3. The molecule has 3 aliphatic rings. The SMILES string of the molecule is CC(C)(C)OC(=O)N1CCCC(ONC(=O)C2CCC3CN2C(=O)N3OCc2ccccc2)C1. The first kappa shape index (κ1) is 24.3. The van der Waals surface area contributed by atoms with Gasteiger partial charge in [0.25, 0.3) is 5.91 Å². The largest absolute Gasteiger partial charge is 0.444 e. The maximum atomic E-state index is 12.9. The predicted molar refractivity (Wildman–Crippen MR) is 122 cm³/mol. The molecule has 4 amide bonds. The van der Waals surface area contributed by atoms with Crippen LogP contribution in [0.1, 0.15) is 52.0 Å². The minimum Gasteiger partial charge on any atom is -0.444 e. The number of hydrogen-bond donors (Lipinski definition) is 1. The highest BCUT2D eigenvalue weighted by Gasteiger charge is 2.48. The highest BCUT2D eigenvalue weighted by Crippen LogP contribution is 2.30. The zero-order valence-electron chi connectivity index (χ0n) is 20.1. The van der Waals surface area contributed by atoms with Crippen molar-refractivity contribution in [2.24, 2.45) is 0 Å². The topological polar surface area (TPSA) is 101 Å². The summed E-state index contributed by atoms with van der Waals surface area (Å²) in [7, 11) is 0. The summed E-state index contributed by atoms with van der Waals surface area (Å²) >= 11 is 0. The molecule has 3 atom stereocenters. The number of likely N-dealkylation sites (tertiary alicyclic amines) is 1. The number of piperidine rings is 2. The van der Waals surface area contributed by atoms with E-state index in [2.05, 4.69) is 5.48 Å². The second kappa shape index (κ2) is 10.2. The molecular weight excluding hydrogens is 440 g/mol. The van der Waals surface area contributed by atoms with E-state index in [-0.39, 0.29) is 30.2 Å². The molecule has 0 aromatic heterocycles. The van der Waals surface area contributed by atoms with Crippen LogP contribution < -0.4 is 5.48 Å². The maximum Gasteiger partial charge on any atom is 0.410 e. The summed E-state index contributed by atoms with van der Waals surface area (Å²) < 4.78 is 5.43. The fraction of sp³-hybridized carbons (Fsp3) is 0.625. The minimum absolute atomic E-state index is 0.0677. The molecule has 0 radical (unpaired) electrons. The van der Waals surface area contributed by atoms with Crippen molar-refractivity contribution >= 4 is 18.0 Å². The van der Waals surface area contributed by atoms with Crippen LogP contribution in [0.5, 0.6) is 0 Å². The Balaban J connectivity index is 1.26. The predicted octanol–water partition coefficient (Wildman–Crippen LogP) is 2.83. The van der Waals surface area contributed by atoms with Crippen LogP contribution in [0.4, 0.5) is 9.59 Å². The lowest BCUT2D eigenvalue weighted by atomic mass is 10.0. The molecule has 0 aliphatic carbocycles. The molecule has 3 heterocycles. The number of nitrogens with zero attached hydrogens (tertiary/aromatic N) is 3. The molecule has 1 aromatic rings. The molecular formula is C24H34N4O6. The number of urea groups is 1. The molecule has 3 aliphatic heterocycles. The van der Waals surface area contributed by atoms with Crippen LogP contribution in [-0.2, 0) is 25.8 Å². The number of ether oxygens (including phenoxy) is 1. The van der Waals surface area contributed by atoms with Gasteiger partial charge in [-0.1, -0.05) is 30.3 Å². The molecule has 0 saturated carbocycles. The van der Waals surface area contributed by atoms with E-state index in [0.717, 1.165) is 18.4 Å². The molecule has 1 N–H and O–H groups in total. The molecule has 3 fully saturated rings. The zero-order chi connectivity index (χ0) is 24.3. The fourth-order valence-electron chi connectivity index (χ4n) is 4.52. The van der Waals surface area contributed by atoms with Gasteiger partial charge in [-0.2, -0.15) is 5.06 Å². The van der Waals surface area contributed by atoms with E-state index in [1.807, 2.05) is 51.1 Å². The first-order valence-corrected chi connectivity index (χ1v) is 11.9. The van der Waals surface area contributed by atoms with Crippen LogP contribution >= 0.6 is 0 Å². The molecule has 10 nitrogen and oxygen atoms in total. The van der Waals surface area contributed by atoms with Crippen molar-refractivity contribution in [2.75, 3.05) is 19.6 Å². The molecule has 186 valence electrons. The van der Waals surface area contributed by atoms with E-state index in [0.29, 0.717) is 39.1 Å². The normalized spacial score (nSPS) is 24.9. The Morgan fingerprint density at radius 1 is 1.09 bits per heavy atom. The zero-order valence-corrected chi connectivity index (χ0v) is 20.1. The molecule has 10 heteroatoms. The number of hydrogen-bond acceptors (Lipinski definition) is 6.